The molecule has 0 saturated carbocycles. The summed E-state index contributed by atoms with van der Waals surface area (Å²) in [6, 6.07) is 8.98. The Kier molecular flexibility index (Phi) is 6.36. The number of piperazine rings is 1. The highest BCUT2D eigenvalue weighted by Gasteiger charge is 2.42. The van der Waals surface area contributed by atoms with E-state index in [4.69, 9.17) is 4.74 Å². The normalized spacial score (nSPS) is 24.4. The molecule has 154 valence electrons. The van der Waals surface area contributed by atoms with Gasteiger partial charge in [0.2, 0.25) is 5.91 Å². The number of amides is 2. The minimum Gasteiger partial charge on any atom is -0.356 e. The van der Waals surface area contributed by atoms with Crippen molar-refractivity contribution in [2.45, 2.75) is 12.1 Å². The highest BCUT2D eigenvalue weighted by Crippen LogP contribution is 2.30. The Labute approximate surface area is 166 Å². The summed E-state index contributed by atoms with van der Waals surface area (Å²) < 4.78 is 28.4. The lowest BCUT2D eigenvalue weighted by atomic mass is 9.97. The van der Waals surface area contributed by atoms with Crippen molar-refractivity contribution in [1.82, 2.24) is 14.7 Å². The lowest BCUT2D eigenvalue weighted by molar-refractivity contribution is -0.168. The van der Waals surface area contributed by atoms with Crippen LogP contribution in [0.3, 0.4) is 0 Å². The summed E-state index contributed by atoms with van der Waals surface area (Å²) in [5.74, 6) is -0.158. The van der Waals surface area contributed by atoms with E-state index in [1.54, 1.807) is 16.8 Å². The maximum atomic E-state index is 13.2. The van der Waals surface area contributed by atoms with Crippen LogP contribution in [0.2, 0.25) is 0 Å². The van der Waals surface area contributed by atoms with Crippen molar-refractivity contribution in [2.75, 3.05) is 58.4 Å². The van der Waals surface area contributed by atoms with E-state index in [1.165, 1.54) is 6.26 Å². The van der Waals surface area contributed by atoms with Gasteiger partial charge in [-0.15, -0.1) is 0 Å². The zero-order valence-electron chi connectivity index (χ0n) is 16.3. The van der Waals surface area contributed by atoms with Crippen LogP contribution in [0.5, 0.6) is 0 Å². The smallest absolute Gasteiger partial charge is 0.254 e. The van der Waals surface area contributed by atoms with E-state index in [0.29, 0.717) is 32.7 Å². The molecule has 2 unspecified atom stereocenters. The van der Waals surface area contributed by atoms with Gasteiger partial charge in [0.15, 0.2) is 6.10 Å². The van der Waals surface area contributed by atoms with Gasteiger partial charge in [0.05, 0.1) is 11.8 Å². The summed E-state index contributed by atoms with van der Waals surface area (Å²) in [6.45, 7) is 2.65. The molecular formula is C19H27N3O5S. The van der Waals surface area contributed by atoms with Crippen LogP contribution in [-0.2, 0) is 24.2 Å². The lowest BCUT2D eigenvalue weighted by Crippen LogP contribution is -2.57. The molecular weight excluding hydrogens is 382 g/mol. The van der Waals surface area contributed by atoms with Crippen LogP contribution < -0.4 is 0 Å². The largest absolute Gasteiger partial charge is 0.356 e. The number of ether oxygens (including phenoxy) is 1. The molecule has 2 aliphatic heterocycles. The van der Waals surface area contributed by atoms with Crippen LogP contribution in [0, 0.1) is 0 Å². The number of carbonyl (C=O) groups is 2. The molecule has 2 heterocycles. The van der Waals surface area contributed by atoms with Gasteiger partial charge >= 0.3 is 0 Å². The number of hydrogen-bond donors (Lipinski definition) is 0. The highest BCUT2D eigenvalue weighted by molar-refractivity contribution is 7.90. The maximum Gasteiger partial charge on any atom is 0.254 e. The molecule has 28 heavy (non-hydrogen) atoms. The monoisotopic (exact) mass is 409 g/mol. The first kappa shape index (κ1) is 20.8. The maximum absolute atomic E-state index is 13.2. The van der Waals surface area contributed by atoms with E-state index in [1.807, 2.05) is 30.3 Å². The Balaban J connectivity index is 1.66. The van der Waals surface area contributed by atoms with Gasteiger partial charge in [0.25, 0.3) is 5.91 Å². The number of nitrogens with zero attached hydrogens (tertiary/aromatic N) is 3. The molecule has 9 heteroatoms. The van der Waals surface area contributed by atoms with Gasteiger partial charge < -0.3 is 14.5 Å². The van der Waals surface area contributed by atoms with Crippen LogP contribution in [0.4, 0.5) is 0 Å². The molecule has 2 saturated heterocycles. The topological polar surface area (TPSA) is 87.2 Å². The molecule has 3 rings (SSSR count). The van der Waals surface area contributed by atoms with Gasteiger partial charge in [-0.25, -0.2) is 8.42 Å². The minimum absolute atomic E-state index is 0.107. The third kappa shape index (κ3) is 4.89. The first-order chi connectivity index (χ1) is 13.3. The van der Waals surface area contributed by atoms with Crippen molar-refractivity contribution in [3.05, 3.63) is 35.9 Å². The lowest BCUT2D eigenvalue weighted by Gasteiger charge is -2.42. The second-order valence-electron chi connectivity index (χ2n) is 7.39. The number of rotatable bonds is 5. The zero-order valence-corrected chi connectivity index (χ0v) is 17.1. The summed E-state index contributed by atoms with van der Waals surface area (Å²) in [4.78, 5) is 30.7. The number of sulfone groups is 1. The number of morpholine rings is 1. The van der Waals surface area contributed by atoms with Crippen molar-refractivity contribution in [3.63, 3.8) is 0 Å². The number of carbonyl (C=O) groups excluding carboxylic acids is 2. The van der Waals surface area contributed by atoms with Crippen LogP contribution in [0.25, 0.3) is 0 Å². The summed E-state index contributed by atoms with van der Waals surface area (Å²) in [7, 11) is -1.30. The molecule has 2 fully saturated rings. The molecule has 0 aliphatic carbocycles. The summed E-state index contributed by atoms with van der Waals surface area (Å²) in [5.41, 5.74) is 0.864. The molecule has 0 aromatic heterocycles. The number of benzene rings is 1. The summed E-state index contributed by atoms with van der Waals surface area (Å²) >= 11 is 0. The average Bonchev–Trinajstić information content (AvgIpc) is 2.68. The van der Waals surface area contributed by atoms with Crippen LogP contribution in [0.15, 0.2) is 30.3 Å². The van der Waals surface area contributed by atoms with Crippen molar-refractivity contribution in [1.29, 1.82) is 0 Å². The van der Waals surface area contributed by atoms with Gasteiger partial charge in [-0.05, 0) is 5.56 Å². The Morgan fingerprint density at radius 1 is 1.14 bits per heavy atom. The van der Waals surface area contributed by atoms with Crippen LogP contribution in [0.1, 0.15) is 11.6 Å². The Morgan fingerprint density at radius 2 is 1.79 bits per heavy atom. The molecule has 1 aromatic carbocycles. The van der Waals surface area contributed by atoms with Gasteiger partial charge in [-0.1, -0.05) is 30.3 Å². The second-order valence-corrected chi connectivity index (χ2v) is 9.65. The van der Waals surface area contributed by atoms with E-state index >= 15 is 0 Å². The SMILES string of the molecule is CN1C(=O)COC(C(=O)N2CCN(CCS(C)(=O)=O)CC2)C1c1ccccc1. The molecule has 2 atom stereocenters. The number of likely N-dealkylation sites (N-methyl/N-ethyl adjacent to an activating group) is 1. The van der Waals surface area contributed by atoms with Gasteiger partial charge in [-0.3, -0.25) is 14.5 Å². The van der Waals surface area contributed by atoms with Gasteiger partial charge in [-0.2, -0.15) is 0 Å². The highest BCUT2D eigenvalue weighted by atomic mass is 32.2. The minimum atomic E-state index is -3.00. The fraction of sp³-hybridized carbons (Fsp3) is 0.579. The van der Waals surface area contributed by atoms with Crippen LogP contribution in [-0.4, -0.2) is 99.4 Å². The second kappa shape index (κ2) is 8.59. The fourth-order valence-corrected chi connectivity index (χ4v) is 4.22. The van der Waals surface area contributed by atoms with E-state index in [-0.39, 0.29) is 24.2 Å². The van der Waals surface area contributed by atoms with Crippen molar-refractivity contribution in [3.8, 4) is 0 Å². The van der Waals surface area contributed by atoms with Crippen molar-refractivity contribution >= 4 is 21.7 Å². The molecule has 0 spiro atoms. The molecule has 0 N–H and O–H groups in total. The van der Waals surface area contributed by atoms with Crippen LogP contribution >= 0.6 is 0 Å². The zero-order chi connectivity index (χ0) is 20.3. The van der Waals surface area contributed by atoms with E-state index < -0.39 is 22.0 Å². The summed E-state index contributed by atoms with van der Waals surface area (Å²) in [6.07, 6.45) is 0.488. The Morgan fingerprint density at radius 3 is 2.39 bits per heavy atom. The quantitative estimate of drug-likeness (QED) is 0.668. The van der Waals surface area contributed by atoms with Crippen molar-refractivity contribution < 1.29 is 22.7 Å². The van der Waals surface area contributed by atoms with Gasteiger partial charge in [0.1, 0.15) is 16.4 Å². The molecule has 0 bridgehead atoms. The number of hydrogen-bond acceptors (Lipinski definition) is 6. The Hall–Kier alpha value is -1.97. The van der Waals surface area contributed by atoms with Gasteiger partial charge in [0, 0.05) is 46.0 Å². The van der Waals surface area contributed by atoms with E-state index in [2.05, 4.69) is 4.90 Å². The van der Waals surface area contributed by atoms with Crippen molar-refractivity contribution in [2.24, 2.45) is 0 Å². The molecule has 2 aliphatic rings. The average molecular weight is 410 g/mol. The standard InChI is InChI=1S/C19H27N3O5S/c1-20-16(23)14-27-18(17(20)15-6-4-3-5-7-15)19(24)22-10-8-21(9-11-22)12-13-28(2,25)26/h3-7,17-18H,8-14H2,1-2H3. The molecule has 0 radical (unpaired) electrons. The van der Waals surface area contributed by atoms with E-state index in [0.717, 1.165) is 5.56 Å². The summed E-state index contributed by atoms with van der Waals surface area (Å²) in [5, 5.41) is 0. The first-order valence-corrected chi connectivity index (χ1v) is 11.4. The predicted molar refractivity (Wildman–Crippen MR) is 104 cm³/mol. The van der Waals surface area contributed by atoms with E-state index in [9.17, 15) is 18.0 Å². The first-order valence-electron chi connectivity index (χ1n) is 9.37. The Bertz CT molecular complexity index is 806. The molecule has 2 amide bonds. The third-order valence-electron chi connectivity index (χ3n) is 5.33. The molecule has 8 nitrogen and oxygen atoms in total. The molecule has 1 aromatic rings. The fourth-order valence-electron chi connectivity index (χ4n) is 3.63. The predicted octanol–water partition coefficient (Wildman–Crippen LogP) is -0.226. The third-order valence-corrected chi connectivity index (χ3v) is 6.25.